The molecular formula is C16H26N2O2. The van der Waals surface area contributed by atoms with Gasteiger partial charge in [0.05, 0.1) is 12.7 Å². The van der Waals surface area contributed by atoms with E-state index in [9.17, 15) is 0 Å². The van der Waals surface area contributed by atoms with Gasteiger partial charge in [0.1, 0.15) is 5.75 Å². The van der Waals surface area contributed by atoms with E-state index in [4.69, 9.17) is 15.2 Å². The molecule has 0 saturated carbocycles. The van der Waals surface area contributed by atoms with E-state index in [1.165, 1.54) is 19.4 Å². The van der Waals surface area contributed by atoms with Crippen LogP contribution in [0.4, 0.5) is 5.69 Å². The molecule has 1 atom stereocenters. The Hall–Kier alpha value is -1.26. The standard InChI is InChI=1S/C16H26N2O2/c1-2-19-16-8-4-9-18(13-16)10-5-11-20-15-7-3-6-14(17)12-15/h3,6-7,12,16H,2,4-5,8-11,13,17H2,1H3. The molecule has 1 aliphatic rings. The van der Waals surface area contributed by atoms with E-state index < -0.39 is 0 Å². The van der Waals surface area contributed by atoms with Crippen LogP contribution < -0.4 is 10.5 Å². The zero-order valence-corrected chi connectivity index (χ0v) is 12.4. The number of likely N-dealkylation sites (tertiary alicyclic amines) is 1. The number of piperidine rings is 1. The summed E-state index contributed by atoms with van der Waals surface area (Å²) in [6.07, 6.45) is 3.89. The summed E-state index contributed by atoms with van der Waals surface area (Å²) in [6, 6.07) is 7.60. The molecule has 1 unspecified atom stereocenters. The number of ether oxygens (including phenoxy) is 2. The third kappa shape index (κ3) is 5.02. The lowest BCUT2D eigenvalue weighted by Gasteiger charge is -2.32. The van der Waals surface area contributed by atoms with Crippen molar-refractivity contribution < 1.29 is 9.47 Å². The Kier molecular flexibility index (Phi) is 6.15. The van der Waals surface area contributed by atoms with Crippen LogP contribution in [0.1, 0.15) is 26.2 Å². The van der Waals surface area contributed by atoms with Crippen LogP contribution in [-0.4, -0.2) is 43.9 Å². The Labute approximate surface area is 121 Å². The smallest absolute Gasteiger partial charge is 0.121 e. The van der Waals surface area contributed by atoms with Crippen molar-refractivity contribution in [2.24, 2.45) is 0 Å². The fourth-order valence-electron chi connectivity index (χ4n) is 2.67. The molecule has 2 N–H and O–H groups in total. The molecule has 1 aliphatic heterocycles. The van der Waals surface area contributed by atoms with Crippen LogP contribution in [0, 0.1) is 0 Å². The van der Waals surface area contributed by atoms with Crippen molar-refractivity contribution in [2.45, 2.75) is 32.3 Å². The summed E-state index contributed by atoms with van der Waals surface area (Å²) in [5.41, 5.74) is 6.47. The number of nitrogens with two attached hydrogens (primary N) is 1. The molecule has 4 heteroatoms. The zero-order valence-electron chi connectivity index (χ0n) is 12.4. The molecule has 0 radical (unpaired) electrons. The number of anilines is 1. The zero-order chi connectivity index (χ0) is 14.2. The van der Waals surface area contributed by atoms with Gasteiger partial charge in [0.25, 0.3) is 0 Å². The van der Waals surface area contributed by atoms with E-state index >= 15 is 0 Å². The Balaban J connectivity index is 1.63. The maximum atomic E-state index is 5.72. The van der Waals surface area contributed by atoms with Crippen LogP contribution in [0.2, 0.25) is 0 Å². The van der Waals surface area contributed by atoms with Gasteiger partial charge in [0.2, 0.25) is 0 Å². The topological polar surface area (TPSA) is 47.7 Å². The van der Waals surface area contributed by atoms with Crippen LogP contribution in [0.15, 0.2) is 24.3 Å². The van der Waals surface area contributed by atoms with Crippen molar-refractivity contribution in [1.29, 1.82) is 0 Å². The molecule has 0 bridgehead atoms. The monoisotopic (exact) mass is 278 g/mol. The minimum atomic E-state index is 0.420. The summed E-state index contributed by atoms with van der Waals surface area (Å²) in [5.74, 6) is 0.857. The van der Waals surface area contributed by atoms with E-state index in [0.717, 1.165) is 44.2 Å². The lowest BCUT2D eigenvalue weighted by molar-refractivity contribution is 0.00491. The summed E-state index contributed by atoms with van der Waals surface area (Å²) in [6.45, 7) is 6.94. The molecule has 1 heterocycles. The number of benzene rings is 1. The quantitative estimate of drug-likeness (QED) is 0.615. The highest BCUT2D eigenvalue weighted by Crippen LogP contribution is 2.16. The molecule has 4 nitrogen and oxygen atoms in total. The van der Waals surface area contributed by atoms with Gasteiger partial charge in [-0.1, -0.05) is 6.07 Å². The minimum Gasteiger partial charge on any atom is -0.493 e. The molecule has 1 fully saturated rings. The van der Waals surface area contributed by atoms with E-state index in [-0.39, 0.29) is 0 Å². The molecular weight excluding hydrogens is 252 g/mol. The first-order valence-corrected chi connectivity index (χ1v) is 7.60. The predicted molar refractivity (Wildman–Crippen MR) is 82.1 cm³/mol. The highest BCUT2D eigenvalue weighted by Gasteiger charge is 2.19. The van der Waals surface area contributed by atoms with Crippen molar-refractivity contribution >= 4 is 5.69 Å². The summed E-state index contributed by atoms with van der Waals surface area (Å²) < 4.78 is 11.4. The van der Waals surface area contributed by atoms with Crippen molar-refractivity contribution in [3.63, 3.8) is 0 Å². The average molecular weight is 278 g/mol. The molecule has 112 valence electrons. The Morgan fingerprint density at radius 3 is 3.10 bits per heavy atom. The van der Waals surface area contributed by atoms with Gasteiger partial charge in [-0.25, -0.2) is 0 Å². The SMILES string of the molecule is CCOC1CCCN(CCCOc2cccc(N)c2)C1. The molecule has 1 aromatic rings. The van der Waals surface area contributed by atoms with Crippen molar-refractivity contribution in [3.05, 3.63) is 24.3 Å². The Morgan fingerprint density at radius 1 is 1.40 bits per heavy atom. The van der Waals surface area contributed by atoms with Crippen molar-refractivity contribution in [3.8, 4) is 5.75 Å². The molecule has 20 heavy (non-hydrogen) atoms. The highest BCUT2D eigenvalue weighted by molar-refractivity contribution is 5.43. The predicted octanol–water partition coefficient (Wildman–Crippen LogP) is 2.54. The average Bonchev–Trinajstić information content (AvgIpc) is 2.45. The molecule has 0 amide bonds. The molecule has 0 aliphatic carbocycles. The largest absolute Gasteiger partial charge is 0.493 e. The second-order valence-corrected chi connectivity index (χ2v) is 5.29. The van der Waals surface area contributed by atoms with Crippen LogP contribution in [-0.2, 0) is 4.74 Å². The summed E-state index contributed by atoms with van der Waals surface area (Å²) in [4.78, 5) is 2.48. The third-order valence-corrected chi connectivity index (χ3v) is 3.61. The minimum absolute atomic E-state index is 0.420. The van der Waals surface area contributed by atoms with E-state index in [1.807, 2.05) is 24.3 Å². The summed E-state index contributed by atoms with van der Waals surface area (Å²) >= 11 is 0. The number of hydrogen-bond acceptors (Lipinski definition) is 4. The molecule has 1 saturated heterocycles. The molecule has 0 spiro atoms. The fourth-order valence-corrected chi connectivity index (χ4v) is 2.67. The van der Waals surface area contributed by atoms with Gasteiger partial charge in [0, 0.05) is 31.5 Å². The second kappa shape index (κ2) is 8.12. The number of nitrogens with zero attached hydrogens (tertiary/aromatic N) is 1. The number of hydrogen-bond donors (Lipinski definition) is 1. The van der Waals surface area contributed by atoms with Gasteiger partial charge in [-0.15, -0.1) is 0 Å². The van der Waals surface area contributed by atoms with Crippen LogP contribution >= 0.6 is 0 Å². The van der Waals surface area contributed by atoms with Gasteiger partial charge in [0.15, 0.2) is 0 Å². The first kappa shape index (κ1) is 15.1. The van der Waals surface area contributed by atoms with Crippen molar-refractivity contribution in [2.75, 3.05) is 38.6 Å². The first-order valence-electron chi connectivity index (χ1n) is 7.60. The lowest BCUT2D eigenvalue weighted by atomic mass is 10.1. The highest BCUT2D eigenvalue weighted by atomic mass is 16.5. The first-order chi connectivity index (χ1) is 9.78. The van der Waals surface area contributed by atoms with Gasteiger partial charge < -0.3 is 20.1 Å². The summed E-state index contributed by atoms with van der Waals surface area (Å²) in [7, 11) is 0. The normalized spacial score (nSPS) is 19.9. The van der Waals surface area contributed by atoms with E-state index in [2.05, 4.69) is 11.8 Å². The van der Waals surface area contributed by atoms with Crippen LogP contribution in [0.25, 0.3) is 0 Å². The fraction of sp³-hybridized carbons (Fsp3) is 0.625. The van der Waals surface area contributed by atoms with E-state index in [1.54, 1.807) is 0 Å². The van der Waals surface area contributed by atoms with E-state index in [0.29, 0.717) is 6.10 Å². The van der Waals surface area contributed by atoms with Gasteiger partial charge >= 0.3 is 0 Å². The maximum absolute atomic E-state index is 5.72. The van der Waals surface area contributed by atoms with Crippen LogP contribution in [0.5, 0.6) is 5.75 Å². The number of nitrogen functional groups attached to an aromatic ring is 1. The van der Waals surface area contributed by atoms with Crippen molar-refractivity contribution in [1.82, 2.24) is 4.90 Å². The summed E-state index contributed by atoms with van der Waals surface area (Å²) in [5, 5.41) is 0. The maximum Gasteiger partial charge on any atom is 0.121 e. The van der Waals surface area contributed by atoms with Gasteiger partial charge in [-0.05, 0) is 44.9 Å². The molecule has 0 aromatic heterocycles. The van der Waals surface area contributed by atoms with Gasteiger partial charge in [-0.2, -0.15) is 0 Å². The van der Waals surface area contributed by atoms with Crippen LogP contribution in [0.3, 0.4) is 0 Å². The number of rotatable bonds is 7. The second-order valence-electron chi connectivity index (χ2n) is 5.29. The lowest BCUT2D eigenvalue weighted by Crippen LogP contribution is -2.40. The third-order valence-electron chi connectivity index (χ3n) is 3.61. The molecule has 2 rings (SSSR count). The Morgan fingerprint density at radius 2 is 2.30 bits per heavy atom. The molecule has 1 aromatic carbocycles. The Bertz CT molecular complexity index is 396. The van der Waals surface area contributed by atoms with Gasteiger partial charge in [-0.3, -0.25) is 0 Å².